The molecule has 0 fully saturated rings. The molecule has 2 heterocycles. The van der Waals surface area contributed by atoms with Gasteiger partial charge in [-0.2, -0.15) is 10.5 Å². The first-order valence-electron chi connectivity index (χ1n) is 7.98. The van der Waals surface area contributed by atoms with Gasteiger partial charge in [-0.05, 0) is 72.8 Å². The van der Waals surface area contributed by atoms with Crippen LogP contribution in [0.3, 0.4) is 0 Å². The molecule has 0 saturated heterocycles. The molecule has 0 aliphatic heterocycles. The molecule has 0 atom stereocenters. The van der Waals surface area contributed by atoms with E-state index in [-0.39, 0.29) is 0 Å². The quantitative estimate of drug-likeness (QED) is 0.487. The third-order valence-corrected chi connectivity index (χ3v) is 4.05. The van der Waals surface area contributed by atoms with Crippen LogP contribution in [0.2, 0.25) is 0 Å². The SMILES string of the molecule is N#Cc1ccc(-c2ccc(-c3ccc(-c4ccc(C#N)cc4)o3)o2)cc1. The average molecular weight is 336 g/mol. The third-order valence-electron chi connectivity index (χ3n) is 4.05. The largest absolute Gasteiger partial charge is 0.453 e. The van der Waals surface area contributed by atoms with Crippen molar-refractivity contribution in [1.29, 1.82) is 10.5 Å². The van der Waals surface area contributed by atoms with Crippen LogP contribution in [-0.2, 0) is 0 Å². The van der Waals surface area contributed by atoms with Gasteiger partial charge in [-0.3, -0.25) is 0 Å². The highest BCUT2D eigenvalue weighted by molar-refractivity contribution is 5.66. The predicted octanol–water partition coefficient (Wildman–Crippen LogP) is 5.62. The molecule has 0 saturated carbocycles. The first-order chi connectivity index (χ1) is 12.8. The Balaban J connectivity index is 1.61. The molecule has 0 amide bonds. The van der Waals surface area contributed by atoms with Crippen molar-refractivity contribution >= 4 is 0 Å². The second kappa shape index (κ2) is 6.47. The Morgan fingerprint density at radius 3 is 1.15 bits per heavy atom. The lowest BCUT2D eigenvalue weighted by molar-refractivity contribution is 0.539. The summed E-state index contributed by atoms with van der Waals surface area (Å²) >= 11 is 0. The van der Waals surface area contributed by atoms with Crippen LogP contribution in [0.15, 0.2) is 81.6 Å². The maximum absolute atomic E-state index is 8.88. The summed E-state index contributed by atoms with van der Waals surface area (Å²) in [7, 11) is 0. The van der Waals surface area contributed by atoms with Crippen LogP contribution in [-0.4, -0.2) is 0 Å². The molecule has 4 heteroatoms. The summed E-state index contributed by atoms with van der Waals surface area (Å²) in [5.74, 6) is 2.68. The zero-order valence-corrected chi connectivity index (χ0v) is 13.6. The maximum atomic E-state index is 8.88. The van der Waals surface area contributed by atoms with Crippen molar-refractivity contribution in [2.75, 3.05) is 0 Å². The highest BCUT2D eigenvalue weighted by Gasteiger charge is 2.12. The van der Waals surface area contributed by atoms with Gasteiger partial charge < -0.3 is 8.83 Å². The van der Waals surface area contributed by atoms with E-state index in [4.69, 9.17) is 19.4 Å². The summed E-state index contributed by atoms with van der Waals surface area (Å²) in [5, 5.41) is 17.8. The Bertz CT molecular complexity index is 1040. The smallest absolute Gasteiger partial charge is 0.170 e. The van der Waals surface area contributed by atoms with Crippen molar-refractivity contribution in [3.8, 4) is 46.3 Å². The maximum Gasteiger partial charge on any atom is 0.170 e. The summed E-state index contributed by atoms with van der Waals surface area (Å²) in [6, 6.07) is 26.1. The molecule has 4 rings (SSSR count). The molecule has 0 aliphatic carbocycles. The number of benzene rings is 2. The van der Waals surface area contributed by atoms with E-state index in [2.05, 4.69) is 12.1 Å². The van der Waals surface area contributed by atoms with Gasteiger partial charge in [0.05, 0.1) is 23.3 Å². The first kappa shape index (κ1) is 15.5. The third kappa shape index (κ3) is 2.88. The van der Waals surface area contributed by atoms with Gasteiger partial charge in [0.1, 0.15) is 11.5 Å². The summed E-state index contributed by atoms with van der Waals surface area (Å²) in [5.41, 5.74) is 3.01. The van der Waals surface area contributed by atoms with Crippen LogP contribution >= 0.6 is 0 Å². The lowest BCUT2D eigenvalue weighted by Gasteiger charge is -1.98. The van der Waals surface area contributed by atoms with E-state index >= 15 is 0 Å². The second-order valence-corrected chi connectivity index (χ2v) is 5.71. The number of nitrogens with zero attached hydrogens (tertiary/aromatic N) is 2. The molecular weight excluding hydrogens is 324 g/mol. The number of hydrogen-bond donors (Lipinski definition) is 0. The number of nitriles is 2. The van der Waals surface area contributed by atoms with Gasteiger partial charge in [-0.1, -0.05) is 0 Å². The van der Waals surface area contributed by atoms with E-state index in [1.54, 1.807) is 24.3 Å². The fraction of sp³-hybridized carbons (Fsp3) is 0. The summed E-state index contributed by atoms with van der Waals surface area (Å²) in [4.78, 5) is 0. The van der Waals surface area contributed by atoms with E-state index in [9.17, 15) is 0 Å². The number of hydrogen-bond acceptors (Lipinski definition) is 4. The highest BCUT2D eigenvalue weighted by Crippen LogP contribution is 2.32. The van der Waals surface area contributed by atoms with Crippen molar-refractivity contribution in [2.45, 2.75) is 0 Å². The molecule has 0 spiro atoms. The Hall–Kier alpha value is -4.02. The van der Waals surface area contributed by atoms with Crippen LogP contribution in [0.1, 0.15) is 11.1 Å². The molecule has 0 bridgehead atoms. The molecular formula is C22H12N2O2. The van der Waals surface area contributed by atoms with E-state index in [0.717, 1.165) is 11.1 Å². The molecule has 0 aliphatic rings. The molecule has 0 N–H and O–H groups in total. The zero-order chi connectivity index (χ0) is 17.9. The minimum Gasteiger partial charge on any atom is -0.453 e. The topological polar surface area (TPSA) is 73.9 Å². The van der Waals surface area contributed by atoms with Crippen LogP contribution < -0.4 is 0 Å². The molecule has 122 valence electrons. The average Bonchev–Trinajstić information content (AvgIpc) is 3.38. The first-order valence-corrected chi connectivity index (χ1v) is 7.98. The molecule has 26 heavy (non-hydrogen) atoms. The van der Waals surface area contributed by atoms with E-state index < -0.39 is 0 Å². The van der Waals surface area contributed by atoms with Gasteiger partial charge in [-0.25, -0.2) is 0 Å². The predicted molar refractivity (Wildman–Crippen MR) is 96.7 cm³/mol. The molecule has 4 nitrogen and oxygen atoms in total. The Kier molecular flexibility index (Phi) is 3.86. The summed E-state index contributed by atoms with van der Waals surface area (Å²) < 4.78 is 11.8. The molecule has 0 unspecified atom stereocenters. The summed E-state index contributed by atoms with van der Waals surface area (Å²) in [6.45, 7) is 0. The number of rotatable bonds is 3. The van der Waals surface area contributed by atoms with Gasteiger partial charge in [0.25, 0.3) is 0 Å². The van der Waals surface area contributed by atoms with Gasteiger partial charge in [0.15, 0.2) is 11.5 Å². The summed E-state index contributed by atoms with van der Waals surface area (Å²) in [6.07, 6.45) is 0. The standard InChI is InChI=1S/C22H12N2O2/c23-13-15-1-5-17(6-2-15)19-9-11-21(25-19)22-12-10-20(26-22)18-7-3-16(14-24)4-8-18/h1-12H. The van der Waals surface area contributed by atoms with Crippen molar-refractivity contribution in [3.05, 3.63) is 83.9 Å². The zero-order valence-electron chi connectivity index (χ0n) is 13.6. The van der Waals surface area contributed by atoms with Crippen molar-refractivity contribution in [3.63, 3.8) is 0 Å². The van der Waals surface area contributed by atoms with Crippen LogP contribution in [0, 0.1) is 22.7 Å². The molecule has 4 aromatic rings. The lowest BCUT2D eigenvalue weighted by atomic mass is 10.1. The Morgan fingerprint density at radius 2 is 0.808 bits per heavy atom. The van der Waals surface area contributed by atoms with E-state index in [1.807, 2.05) is 48.5 Å². The van der Waals surface area contributed by atoms with E-state index in [1.165, 1.54) is 0 Å². The fourth-order valence-electron chi connectivity index (χ4n) is 2.67. The van der Waals surface area contributed by atoms with Gasteiger partial charge in [0, 0.05) is 11.1 Å². The van der Waals surface area contributed by atoms with Crippen molar-refractivity contribution in [2.24, 2.45) is 0 Å². The van der Waals surface area contributed by atoms with Crippen LogP contribution in [0.4, 0.5) is 0 Å². The fourth-order valence-corrected chi connectivity index (χ4v) is 2.67. The van der Waals surface area contributed by atoms with Crippen LogP contribution in [0.25, 0.3) is 34.2 Å². The molecule has 2 aromatic heterocycles. The lowest BCUT2D eigenvalue weighted by Crippen LogP contribution is -1.76. The highest BCUT2D eigenvalue weighted by atomic mass is 16.4. The normalized spacial score (nSPS) is 10.2. The Labute approximate surface area is 150 Å². The van der Waals surface area contributed by atoms with Gasteiger partial charge in [-0.15, -0.1) is 0 Å². The number of furan rings is 2. The van der Waals surface area contributed by atoms with Gasteiger partial charge >= 0.3 is 0 Å². The van der Waals surface area contributed by atoms with Crippen molar-refractivity contribution in [1.82, 2.24) is 0 Å². The van der Waals surface area contributed by atoms with Crippen molar-refractivity contribution < 1.29 is 8.83 Å². The Morgan fingerprint density at radius 1 is 0.462 bits per heavy atom. The van der Waals surface area contributed by atoms with Gasteiger partial charge in [0.2, 0.25) is 0 Å². The minimum absolute atomic E-state index is 0.610. The molecule has 0 radical (unpaired) electrons. The van der Waals surface area contributed by atoms with E-state index in [0.29, 0.717) is 34.2 Å². The molecule has 2 aromatic carbocycles. The van der Waals surface area contributed by atoms with Crippen LogP contribution in [0.5, 0.6) is 0 Å². The minimum atomic E-state index is 0.610. The second-order valence-electron chi connectivity index (χ2n) is 5.71. The monoisotopic (exact) mass is 336 g/mol.